The topological polar surface area (TPSA) is 80.9 Å². The molecule has 0 aliphatic heterocycles. The first-order valence-corrected chi connectivity index (χ1v) is 9.96. The van der Waals surface area contributed by atoms with Gasteiger partial charge in [0.25, 0.3) is 0 Å². The molecular formula is C13H25N6O2PS. The molecule has 0 N–H and O–H groups in total. The van der Waals surface area contributed by atoms with Gasteiger partial charge >= 0.3 is 10.0 Å². The number of hydrogen-bond acceptors (Lipinski definition) is 2. The molecule has 0 aromatic heterocycles. The highest BCUT2D eigenvalue weighted by Crippen LogP contribution is 2.54. The molecular weight excluding hydrogens is 335 g/mol. The van der Waals surface area contributed by atoms with Gasteiger partial charge in [0.2, 0.25) is 0 Å². The summed E-state index contributed by atoms with van der Waals surface area (Å²) in [5, 5.41) is 3.66. The van der Waals surface area contributed by atoms with E-state index >= 15 is 0 Å². The van der Waals surface area contributed by atoms with Crippen LogP contribution in [0.3, 0.4) is 0 Å². The van der Waals surface area contributed by atoms with Crippen LogP contribution in [-0.2, 0) is 10.0 Å². The third kappa shape index (κ3) is 4.45. The summed E-state index contributed by atoms with van der Waals surface area (Å²) in [5.41, 5.74) is 0.975. The summed E-state index contributed by atoms with van der Waals surface area (Å²) >= 11 is 0. The standard InChI is InChI=1S/C13H25N6O2PS/c1-12-8-10-13(11-9-12)23(20,21)16-14-15-22(17(2)3,18(4)5)19(6)7/h8-11H,1-7H3. The molecule has 130 valence electrons. The van der Waals surface area contributed by atoms with E-state index in [1.54, 1.807) is 12.1 Å². The normalized spacial score (nSPS) is 13.5. The van der Waals surface area contributed by atoms with Gasteiger partial charge in [-0.2, -0.15) is 8.42 Å². The Balaban J connectivity index is 3.27. The summed E-state index contributed by atoms with van der Waals surface area (Å²) in [6, 6.07) is 6.46. The minimum atomic E-state index is -3.85. The summed E-state index contributed by atoms with van der Waals surface area (Å²) in [6.45, 7) is 1.89. The highest BCUT2D eigenvalue weighted by Gasteiger charge is 2.29. The summed E-state index contributed by atoms with van der Waals surface area (Å²) in [7, 11) is 5.11. The Bertz CT molecular complexity index is 682. The zero-order valence-electron chi connectivity index (χ0n) is 14.7. The predicted octanol–water partition coefficient (Wildman–Crippen LogP) is 2.68. The number of nitrogens with zero attached hydrogens (tertiary/aromatic N) is 6. The zero-order valence-corrected chi connectivity index (χ0v) is 16.4. The Morgan fingerprint density at radius 1 is 0.870 bits per heavy atom. The number of aryl methyl sites for hydroxylation is 1. The molecule has 0 bridgehead atoms. The SMILES string of the molecule is Cc1ccc(S(=O)(=O)N=NN=P(N(C)C)(N(C)C)N(C)C)cc1. The summed E-state index contributed by atoms with van der Waals surface area (Å²) < 4.78 is 33.6. The molecule has 0 aliphatic rings. The molecule has 0 amide bonds. The lowest BCUT2D eigenvalue weighted by molar-refractivity contribution is 0.471. The third-order valence-corrected chi connectivity index (χ3v) is 7.93. The molecule has 23 heavy (non-hydrogen) atoms. The van der Waals surface area contributed by atoms with Gasteiger partial charge in [0.1, 0.15) is 0 Å². The largest absolute Gasteiger partial charge is 0.301 e. The van der Waals surface area contributed by atoms with E-state index in [9.17, 15) is 8.42 Å². The van der Waals surface area contributed by atoms with Crippen LogP contribution >= 0.6 is 7.51 Å². The van der Waals surface area contributed by atoms with Gasteiger partial charge in [0.05, 0.1) is 4.90 Å². The fourth-order valence-electron chi connectivity index (χ4n) is 2.19. The van der Waals surface area contributed by atoms with Gasteiger partial charge in [0.15, 0.2) is 7.51 Å². The van der Waals surface area contributed by atoms with Crippen LogP contribution in [0, 0.1) is 6.92 Å². The number of rotatable bonds is 6. The molecule has 0 unspecified atom stereocenters. The second-order valence-electron chi connectivity index (χ2n) is 5.63. The third-order valence-electron chi connectivity index (χ3n) is 3.23. The van der Waals surface area contributed by atoms with Crippen LogP contribution in [-0.4, -0.2) is 64.7 Å². The molecule has 0 spiro atoms. The molecule has 1 aromatic rings. The van der Waals surface area contributed by atoms with Crippen molar-refractivity contribution in [2.24, 2.45) is 14.6 Å². The van der Waals surface area contributed by atoms with E-state index in [4.69, 9.17) is 0 Å². The van der Waals surface area contributed by atoms with Gasteiger partial charge in [-0.1, -0.05) is 17.7 Å². The van der Waals surface area contributed by atoms with E-state index in [-0.39, 0.29) is 4.90 Å². The molecule has 0 saturated heterocycles. The Hall–Kier alpha value is -1.12. The lowest BCUT2D eigenvalue weighted by Gasteiger charge is -2.39. The maximum Gasteiger partial charge on any atom is 0.301 e. The van der Waals surface area contributed by atoms with Crippen LogP contribution in [0.25, 0.3) is 0 Å². The van der Waals surface area contributed by atoms with E-state index in [1.807, 2.05) is 63.2 Å². The van der Waals surface area contributed by atoms with Crippen molar-refractivity contribution in [2.75, 3.05) is 42.3 Å². The Morgan fingerprint density at radius 3 is 1.70 bits per heavy atom. The van der Waals surface area contributed by atoms with Crippen molar-refractivity contribution < 1.29 is 8.42 Å². The first-order valence-electron chi connectivity index (χ1n) is 6.92. The first kappa shape index (κ1) is 19.9. The van der Waals surface area contributed by atoms with E-state index in [2.05, 4.69) is 14.6 Å². The lowest BCUT2D eigenvalue weighted by Crippen LogP contribution is -2.30. The summed E-state index contributed by atoms with van der Waals surface area (Å²) in [5.74, 6) is 0. The van der Waals surface area contributed by atoms with E-state index in [1.165, 1.54) is 12.1 Å². The molecule has 10 heteroatoms. The van der Waals surface area contributed by atoms with Crippen molar-refractivity contribution in [2.45, 2.75) is 11.8 Å². The Morgan fingerprint density at radius 2 is 1.30 bits per heavy atom. The summed E-state index contributed by atoms with van der Waals surface area (Å²) in [6.07, 6.45) is 0. The smallest absolute Gasteiger partial charge is 0.250 e. The van der Waals surface area contributed by atoms with Crippen molar-refractivity contribution in [1.29, 1.82) is 0 Å². The quantitative estimate of drug-likeness (QED) is 0.443. The fourth-order valence-corrected chi connectivity index (χ4v) is 5.72. The molecule has 0 radical (unpaired) electrons. The van der Waals surface area contributed by atoms with Crippen molar-refractivity contribution in [3.05, 3.63) is 29.8 Å². The van der Waals surface area contributed by atoms with Crippen LogP contribution in [0.15, 0.2) is 43.8 Å². The second kappa shape index (κ2) is 7.63. The highest BCUT2D eigenvalue weighted by molar-refractivity contribution is 7.90. The minimum Gasteiger partial charge on any atom is -0.250 e. The van der Waals surface area contributed by atoms with Crippen molar-refractivity contribution >= 4 is 17.5 Å². The van der Waals surface area contributed by atoms with E-state index in [0.29, 0.717) is 0 Å². The van der Waals surface area contributed by atoms with Gasteiger partial charge in [-0.25, -0.2) is 0 Å². The maximum absolute atomic E-state index is 12.2. The molecule has 1 aromatic carbocycles. The minimum absolute atomic E-state index is 0.102. The molecule has 8 nitrogen and oxygen atoms in total. The molecule has 1 rings (SSSR count). The molecule has 0 saturated carbocycles. The van der Waals surface area contributed by atoms with Crippen molar-refractivity contribution in [1.82, 2.24) is 14.0 Å². The average molecular weight is 360 g/mol. The van der Waals surface area contributed by atoms with Gasteiger partial charge in [0, 0.05) is 0 Å². The number of sulfonamides is 1. The zero-order chi connectivity index (χ0) is 17.8. The number of hydrogen-bond donors (Lipinski definition) is 0. The second-order valence-corrected chi connectivity index (χ2v) is 10.9. The van der Waals surface area contributed by atoms with Gasteiger partial charge in [-0.15, -0.1) is 4.85 Å². The predicted molar refractivity (Wildman–Crippen MR) is 93.6 cm³/mol. The first-order chi connectivity index (χ1) is 10.5. The van der Waals surface area contributed by atoms with E-state index in [0.717, 1.165) is 5.56 Å². The van der Waals surface area contributed by atoms with Crippen LogP contribution in [0.1, 0.15) is 5.56 Å². The summed E-state index contributed by atoms with van der Waals surface area (Å²) in [4.78, 5) is 4.35. The van der Waals surface area contributed by atoms with Gasteiger partial charge < -0.3 is 0 Å². The van der Waals surface area contributed by atoms with Gasteiger partial charge in [-0.3, -0.25) is 14.0 Å². The fraction of sp³-hybridized carbons (Fsp3) is 0.538. The van der Waals surface area contributed by atoms with Crippen LogP contribution in [0.2, 0.25) is 0 Å². The van der Waals surface area contributed by atoms with Crippen LogP contribution in [0.4, 0.5) is 0 Å². The maximum atomic E-state index is 12.2. The monoisotopic (exact) mass is 360 g/mol. The van der Waals surface area contributed by atoms with Gasteiger partial charge in [-0.05, 0) is 71.1 Å². The van der Waals surface area contributed by atoms with Crippen molar-refractivity contribution in [3.63, 3.8) is 0 Å². The van der Waals surface area contributed by atoms with Crippen molar-refractivity contribution in [3.8, 4) is 0 Å². The molecule has 0 atom stereocenters. The molecule has 0 aliphatic carbocycles. The Labute approximate surface area is 139 Å². The van der Waals surface area contributed by atoms with E-state index < -0.39 is 17.5 Å². The number of benzene rings is 1. The Kier molecular flexibility index (Phi) is 6.61. The molecule has 0 fully saturated rings. The van der Waals surface area contributed by atoms with Crippen LogP contribution in [0.5, 0.6) is 0 Å². The average Bonchev–Trinajstić information content (AvgIpc) is 2.42. The highest BCUT2D eigenvalue weighted by atomic mass is 32.2. The molecule has 0 heterocycles. The lowest BCUT2D eigenvalue weighted by atomic mass is 10.2. The van der Waals surface area contributed by atoms with Crippen LogP contribution < -0.4 is 0 Å².